The van der Waals surface area contributed by atoms with E-state index in [9.17, 15) is 9.59 Å². The van der Waals surface area contributed by atoms with E-state index >= 15 is 0 Å². The second-order valence-corrected chi connectivity index (χ2v) is 9.83. The highest BCUT2D eigenvalue weighted by molar-refractivity contribution is 6.30. The van der Waals surface area contributed by atoms with Crippen molar-refractivity contribution in [2.75, 3.05) is 39.4 Å². The molecule has 0 bridgehead atoms. The number of para-hydroxylation sites is 1. The summed E-state index contributed by atoms with van der Waals surface area (Å²) in [5, 5.41) is 0.520. The summed E-state index contributed by atoms with van der Waals surface area (Å²) in [4.78, 5) is 31.0. The summed E-state index contributed by atoms with van der Waals surface area (Å²) in [5.41, 5.74) is 0.678. The number of morpholine rings is 1. The standard InChI is InChI=1S/C28H35ClN2O4/c1-2-3-15-30-16-18-34-25-13-5-4-9-22(25)10-6-7-14-28(27(30)33)21-31(17-19-35-28)26(32)23-11-8-12-24(29)20-23/h4-5,8-9,11-13,20H,2-3,6-7,10,14-19,21H2,1H3. The number of hydrogen-bond donors (Lipinski definition) is 0. The van der Waals surface area contributed by atoms with E-state index in [0.29, 0.717) is 49.9 Å². The predicted octanol–water partition coefficient (Wildman–Crippen LogP) is 4.99. The van der Waals surface area contributed by atoms with Crippen LogP contribution in [-0.4, -0.2) is 66.6 Å². The second-order valence-electron chi connectivity index (χ2n) is 9.39. The number of hydrogen-bond acceptors (Lipinski definition) is 4. The summed E-state index contributed by atoms with van der Waals surface area (Å²) in [5.74, 6) is 0.747. The summed E-state index contributed by atoms with van der Waals surface area (Å²) in [6.07, 6.45) is 5.09. The number of rotatable bonds is 4. The van der Waals surface area contributed by atoms with Crippen molar-refractivity contribution in [3.05, 3.63) is 64.7 Å². The number of carbonyl (C=O) groups excluding carboxylic acids is 2. The van der Waals surface area contributed by atoms with E-state index in [4.69, 9.17) is 21.1 Å². The van der Waals surface area contributed by atoms with E-state index in [1.807, 2.05) is 23.1 Å². The molecule has 2 aromatic rings. The van der Waals surface area contributed by atoms with Gasteiger partial charge in [0.05, 0.1) is 19.7 Å². The van der Waals surface area contributed by atoms with E-state index in [0.717, 1.165) is 37.9 Å². The SMILES string of the molecule is CCCCN1CCOc2ccccc2CCCCC2(CN(C(=O)c3cccc(Cl)c3)CCO2)C1=O. The van der Waals surface area contributed by atoms with Crippen molar-refractivity contribution in [2.45, 2.75) is 51.0 Å². The van der Waals surface area contributed by atoms with Crippen LogP contribution in [0.1, 0.15) is 54.9 Å². The van der Waals surface area contributed by atoms with Crippen LogP contribution >= 0.6 is 11.6 Å². The maximum atomic E-state index is 14.0. The first-order chi connectivity index (χ1) is 17.0. The predicted molar refractivity (Wildman–Crippen MR) is 137 cm³/mol. The van der Waals surface area contributed by atoms with Crippen molar-refractivity contribution in [1.29, 1.82) is 0 Å². The average molecular weight is 499 g/mol. The molecule has 2 aromatic carbocycles. The van der Waals surface area contributed by atoms with Crippen LogP contribution in [0.15, 0.2) is 48.5 Å². The number of unbranched alkanes of at least 4 members (excludes halogenated alkanes) is 1. The van der Waals surface area contributed by atoms with Crippen LogP contribution in [0.2, 0.25) is 5.02 Å². The molecule has 0 aromatic heterocycles. The Labute approximate surface area is 213 Å². The Hall–Kier alpha value is -2.57. The molecule has 1 unspecified atom stereocenters. The first-order valence-electron chi connectivity index (χ1n) is 12.7. The lowest BCUT2D eigenvalue weighted by Crippen LogP contribution is -2.62. The van der Waals surface area contributed by atoms with Gasteiger partial charge in [-0.15, -0.1) is 0 Å². The Morgan fingerprint density at radius 3 is 2.77 bits per heavy atom. The minimum absolute atomic E-state index is 0.0352. The molecule has 188 valence electrons. The Kier molecular flexibility index (Phi) is 8.69. The fourth-order valence-electron chi connectivity index (χ4n) is 4.94. The maximum Gasteiger partial charge on any atom is 0.256 e. The van der Waals surface area contributed by atoms with Gasteiger partial charge in [-0.2, -0.15) is 0 Å². The topological polar surface area (TPSA) is 59.1 Å². The van der Waals surface area contributed by atoms with E-state index < -0.39 is 5.60 Å². The van der Waals surface area contributed by atoms with E-state index in [2.05, 4.69) is 13.0 Å². The van der Waals surface area contributed by atoms with Gasteiger partial charge in [0.15, 0.2) is 5.60 Å². The third kappa shape index (κ3) is 6.17. The number of aryl methyl sites for hydroxylation is 1. The minimum atomic E-state index is -1.04. The van der Waals surface area contributed by atoms with E-state index in [1.165, 1.54) is 5.56 Å². The molecule has 2 aliphatic rings. The fraction of sp³-hybridized carbons (Fsp3) is 0.500. The quantitative estimate of drug-likeness (QED) is 0.596. The van der Waals surface area contributed by atoms with Crippen LogP contribution < -0.4 is 4.74 Å². The Morgan fingerprint density at radius 2 is 1.94 bits per heavy atom. The smallest absolute Gasteiger partial charge is 0.256 e. The number of halogens is 1. The van der Waals surface area contributed by atoms with Crippen LogP contribution in [0.25, 0.3) is 0 Å². The summed E-state index contributed by atoms with van der Waals surface area (Å²) in [7, 11) is 0. The number of amides is 2. The van der Waals surface area contributed by atoms with Crippen LogP contribution in [-0.2, 0) is 16.0 Å². The van der Waals surface area contributed by atoms with Gasteiger partial charge < -0.3 is 19.3 Å². The zero-order chi connectivity index (χ0) is 24.7. The first kappa shape index (κ1) is 25.5. The van der Waals surface area contributed by atoms with Crippen LogP contribution in [0, 0.1) is 0 Å². The van der Waals surface area contributed by atoms with Crippen molar-refractivity contribution in [1.82, 2.24) is 9.80 Å². The molecule has 0 aliphatic carbocycles. The zero-order valence-corrected chi connectivity index (χ0v) is 21.3. The lowest BCUT2D eigenvalue weighted by Gasteiger charge is -2.44. The highest BCUT2D eigenvalue weighted by atomic mass is 35.5. The van der Waals surface area contributed by atoms with Gasteiger partial charge in [0.2, 0.25) is 0 Å². The number of benzene rings is 2. The van der Waals surface area contributed by atoms with Crippen LogP contribution in [0.4, 0.5) is 0 Å². The number of carbonyl (C=O) groups is 2. The maximum absolute atomic E-state index is 14.0. The highest BCUT2D eigenvalue weighted by Crippen LogP contribution is 2.30. The molecule has 1 saturated heterocycles. The zero-order valence-electron chi connectivity index (χ0n) is 20.5. The molecule has 0 saturated carbocycles. The summed E-state index contributed by atoms with van der Waals surface area (Å²) in [6.45, 7) is 4.70. The van der Waals surface area contributed by atoms with Crippen molar-refractivity contribution in [2.24, 2.45) is 0 Å². The molecule has 2 aliphatic heterocycles. The van der Waals surface area contributed by atoms with Gasteiger partial charge in [0.25, 0.3) is 11.8 Å². The Morgan fingerprint density at radius 1 is 1.09 bits per heavy atom. The molecule has 2 heterocycles. The molecule has 7 heteroatoms. The molecule has 35 heavy (non-hydrogen) atoms. The second kappa shape index (κ2) is 11.9. The molecule has 1 spiro atoms. The first-order valence-corrected chi connectivity index (χ1v) is 13.1. The molecule has 0 N–H and O–H groups in total. The van der Waals surface area contributed by atoms with Gasteiger partial charge in [-0.3, -0.25) is 9.59 Å². The summed E-state index contributed by atoms with van der Waals surface area (Å²) in [6, 6.07) is 15.1. The lowest BCUT2D eigenvalue weighted by atomic mass is 9.90. The van der Waals surface area contributed by atoms with Gasteiger partial charge in [-0.1, -0.05) is 49.2 Å². The van der Waals surface area contributed by atoms with Crippen molar-refractivity contribution < 1.29 is 19.1 Å². The van der Waals surface area contributed by atoms with E-state index in [1.54, 1.807) is 29.2 Å². The molecule has 6 nitrogen and oxygen atoms in total. The number of fused-ring (bicyclic) bond motifs is 1. The van der Waals surface area contributed by atoms with Crippen LogP contribution in [0.5, 0.6) is 5.75 Å². The van der Waals surface area contributed by atoms with Crippen LogP contribution in [0.3, 0.4) is 0 Å². The number of ether oxygens (including phenoxy) is 2. The molecule has 1 fully saturated rings. The molecule has 0 radical (unpaired) electrons. The third-order valence-electron chi connectivity index (χ3n) is 6.87. The molecular formula is C28H35ClN2O4. The van der Waals surface area contributed by atoms with Gasteiger partial charge >= 0.3 is 0 Å². The summed E-state index contributed by atoms with van der Waals surface area (Å²) >= 11 is 6.13. The monoisotopic (exact) mass is 498 g/mol. The van der Waals surface area contributed by atoms with Crippen molar-refractivity contribution >= 4 is 23.4 Å². The van der Waals surface area contributed by atoms with Gasteiger partial charge in [-0.25, -0.2) is 0 Å². The molecule has 1 atom stereocenters. The normalized spacial score (nSPS) is 21.6. The average Bonchev–Trinajstić information content (AvgIpc) is 2.88. The Balaban J connectivity index is 1.59. The number of nitrogens with zero attached hydrogens (tertiary/aromatic N) is 2. The fourth-order valence-corrected chi connectivity index (χ4v) is 5.13. The largest absolute Gasteiger partial charge is 0.491 e. The summed E-state index contributed by atoms with van der Waals surface area (Å²) < 4.78 is 12.4. The lowest BCUT2D eigenvalue weighted by molar-refractivity contribution is -0.170. The van der Waals surface area contributed by atoms with E-state index in [-0.39, 0.29) is 18.4 Å². The minimum Gasteiger partial charge on any atom is -0.491 e. The van der Waals surface area contributed by atoms with Crippen molar-refractivity contribution in [3.63, 3.8) is 0 Å². The van der Waals surface area contributed by atoms with Crippen molar-refractivity contribution in [3.8, 4) is 5.75 Å². The van der Waals surface area contributed by atoms with Gasteiger partial charge in [-0.05, 0) is 61.9 Å². The molecular weight excluding hydrogens is 464 g/mol. The third-order valence-corrected chi connectivity index (χ3v) is 7.11. The Bertz CT molecular complexity index is 1030. The molecule has 2 amide bonds. The van der Waals surface area contributed by atoms with Gasteiger partial charge in [0, 0.05) is 23.7 Å². The highest BCUT2D eigenvalue weighted by Gasteiger charge is 2.46. The molecule has 4 rings (SSSR count). The van der Waals surface area contributed by atoms with Gasteiger partial charge in [0.1, 0.15) is 12.4 Å².